The van der Waals surface area contributed by atoms with Gasteiger partial charge in [-0.15, -0.1) is 24.0 Å². The second-order valence-electron chi connectivity index (χ2n) is 7.78. The van der Waals surface area contributed by atoms with E-state index >= 15 is 0 Å². The zero-order valence-corrected chi connectivity index (χ0v) is 20.3. The van der Waals surface area contributed by atoms with E-state index < -0.39 is 0 Å². The van der Waals surface area contributed by atoms with E-state index in [-0.39, 0.29) is 30.1 Å². The van der Waals surface area contributed by atoms with E-state index in [1.165, 1.54) is 6.42 Å². The standard InChI is InChI=1S/C22H35N3O3.HI/c1-17-7-4-5-9-21(17)28-18(2)15-24-22(23-3)25-12-10-19(11-13-25)27-16-20-8-6-14-26-20;/h4-5,7,9,18-20H,6,8,10-16H2,1-3H3,(H,23,24);1H. The van der Waals surface area contributed by atoms with Gasteiger partial charge in [-0.25, -0.2) is 0 Å². The molecule has 1 aromatic carbocycles. The van der Waals surface area contributed by atoms with Gasteiger partial charge in [-0.1, -0.05) is 18.2 Å². The monoisotopic (exact) mass is 517 g/mol. The summed E-state index contributed by atoms with van der Waals surface area (Å²) < 4.78 is 17.8. The van der Waals surface area contributed by atoms with Crippen LogP contribution in [0, 0.1) is 6.92 Å². The molecule has 1 N–H and O–H groups in total. The third-order valence-electron chi connectivity index (χ3n) is 5.46. The van der Waals surface area contributed by atoms with E-state index in [0.29, 0.717) is 12.2 Å². The van der Waals surface area contributed by atoms with Gasteiger partial charge in [0, 0.05) is 26.7 Å². The average Bonchev–Trinajstić information content (AvgIpc) is 3.23. The van der Waals surface area contributed by atoms with Crippen LogP contribution in [0.2, 0.25) is 0 Å². The summed E-state index contributed by atoms with van der Waals surface area (Å²) in [6.45, 7) is 8.42. The van der Waals surface area contributed by atoms with Gasteiger partial charge in [0.15, 0.2) is 5.96 Å². The Kier molecular flexibility index (Phi) is 10.5. The molecular formula is C22H36IN3O3. The molecule has 0 aliphatic carbocycles. The number of halogens is 1. The smallest absolute Gasteiger partial charge is 0.193 e. The van der Waals surface area contributed by atoms with Crippen molar-refractivity contribution >= 4 is 29.9 Å². The van der Waals surface area contributed by atoms with Crippen LogP contribution in [0.5, 0.6) is 5.75 Å². The highest BCUT2D eigenvalue weighted by Crippen LogP contribution is 2.19. The van der Waals surface area contributed by atoms with E-state index in [1.54, 1.807) is 0 Å². The fourth-order valence-corrected chi connectivity index (χ4v) is 3.77. The van der Waals surface area contributed by atoms with Crippen molar-refractivity contribution < 1.29 is 14.2 Å². The van der Waals surface area contributed by atoms with Gasteiger partial charge in [-0.3, -0.25) is 4.99 Å². The Bertz CT molecular complexity index is 629. The van der Waals surface area contributed by atoms with Crippen molar-refractivity contribution in [3.05, 3.63) is 29.8 Å². The summed E-state index contributed by atoms with van der Waals surface area (Å²) in [7, 11) is 1.84. The molecule has 2 atom stereocenters. The number of likely N-dealkylation sites (tertiary alicyclic amines) is 1. The molecule has 0 radical (unpaired) electrons. The zero-order valence-electron chi connectivity index (χ0n) is 17.9. The predicted octanol–water partition coefficient (Wildman–Crippen LogP) is 3.62. The first-order valence-electron chi connectivity index (χ1n) is 10.6. The zero-order chi connectivity index (χ0) is 19.8. The summed E-state index contributed by atoms with van der Waals surface area (Å²) in [5.74, 6) is 1.88. The van der Waals surface area contributed by atoms with Crippen LogP contribution in [0.1, 0.15) is 38.2 Å². The number of rotatable bonds is 7. The molecule has 1 aromatic rings. The molecule has 0 aromatic heterocycles. The van der Waals surface area contributed by atoms with Crippen LogP contribution in [0.15, 0.2) is 29.3 Å². The highest BCUT2D eigenvalue weighted by atomic mass is 127. The van der Waals surface area contributed by atoms with Gasteiger partial charge in [0.05, 0.1) is 25.4 Å². The van der Waals surface area contributed by atoms with Crippen molar-refractivity contribution in [3.63, 3.8) is 0 Å². The first kappa shape index (κ1) is 24.2. The highest BCUT2D eigenvalue weighted by molar-refractivity contribution is 14.0. The number of benzene rings is 1. The second-order valence-corrected chi connectivity index (χ2v) is 7.78. The van der Waals surface area contributed by atoms with Gasteiger partial charge in [0.1, 0.15) is 11.9 Å². The van der Waals surface area contributed by atoms with Crippen LogP contribution in [0.3, 0.4) is 0 Å². The minimum Gasteiger partial charge on any atom is -0.489 e. The summed E-state index contributed by atoms with van der Waals surface area (Å²) in [5, 5.41) is 3.46. The maximum atomic E-state index is 6.07. The van der Waals surface area contributed by atoms with Crippen LogP contribution in [-0.2, 0) is 9.47 Å². The Labute approximate surface area is 192 Å². The Hall–Kier alpha value is -1.06. The molecule has 0 amide bonds. The lowest BCUT2D eigenvalue weighted by Gasteiger charge is -2.34. The first-order chi connectivity index (χ1) is 13.7. The van der Waals surface area contributed by atoms with Gasteiger partial charge in [0.25, 0.3) is 0 Å². The molecule has 2 aliphatic heterocycles. The maximum Gasteiger partial charge on any atom is 0.193 e. The van der Waals surface area contributed by atoms with Crippen LogP contribution in [0.4, 0.5) is 0 Å². The first-order valence-corrected chi connectivity index (χ1v) is 10.6. The summed E-state index contributed by atoms with van der Waals surface area (Å²) in [6, 6.07) is 8.12. The minimum absolute atomic E-state index is 0. The molecular weight excluding hydrogens is 481 g/mol. The van der Waals surface area contributed by atoms with Crippen molar-refractivity contribution in [1.82, 2.24) is 10.2 Å². The number of aliphatic imine (C=N–C) groups is 1. The van der Waals surface area contributed by atoms with Crippen LogP contribution < -0.4 is 10.1 Å². The van der Waals surface area contributed by atoms with Gasteiger partial charge in [-0.05, 0) is 51.2 Å². The number of piperidine rings is 1. The van der Waals surface area contributed by atoms with Crippen molar-refractivity contribution in [2.24, 2.45) is 4.99 Å². The van der Waals surface area contributed by atoms with Crippen molar-refractivity contribution in [3.8, 4) is 5.75 Å². The average molecular weight is 517 g/mol. The molecule has 2 unspecified atom stereocenters. The van der Waals surface area contributed by atoms with Gasteiger partial charge >= 0.3 is 0 Å². The summed E-state index contributed by atoms with van der Waals surface area (Å²) >= 11 is 0. The third kappa shape index (κ3) is 7.61. The Morgan fingerprint density at radius 3 is 2.69 bits per heavy atom. The molecule has 2 aliphatic rings. The summed E-state index contributed by atoms with van der Waals surface area (Å²) in [6.07, 6.45) is 5.07. The van der Waals surface area contributed by atoms with E-state index in [4.69, 9.17) is 14.2 Å². The number of hydrogen-bond donors (Lipinski definition) is 1. The Morgan fingerprint density at radius 2 is 2.03 bits per heavy atom. The molecule has 6 nitrogen and oxygen atoms in total. The maximum absolute atomic E-state index is 6.07. The number of hydrogen-bond acceptors (Lipinski definition) is 4. The third-order valence-corrected chi connectivity index (χ3v) is 5.46. The van der Waals surface area contributed by atoms with E-state index in [1.807, 2.05) is 25.2 Å². The predicted molar refractivity (Wildman–Crippen MR) is 128 cm³/mol. The van der Waals surface area contributed by atoms with Crippen molar-refractivity contribution in [2.45, 2.75) is 57.8 Å². The van der Waals surface area contributed by atoms with Crippen molar-refractivity contribution in [2.75, 3.05) is 39.9 Å². The second kappa shape index (κ2) is 12.6. The number of guanidine groups is 1. The fraction of sp³-hybridized carbons (Fsp3) is 0.682. The van der Waals surface area contributed by atoms with E-state index in [2.05, 4.69) is 35.1 Å². The minimum atomic E-state index is 0. The van der Waals surface area contributed by atoms with Gasteiger partial charge in [0.2, 0.25) is 0 Å². The number of aryl methyl sites for hydroxylation is 1. The van der Waals surface area contributed by atoms with E-state index in [9.17, 15) is 0 Å². The quantitative estimate of drug-likeness (QED) is 0.340. The lowest BCUT2D eigenvalue weighted by Crippen LogP contribution is -2.49. The normalized spacial score (nSPS) is 21.6. The number of nitrogens with one attached hydrogen (secondary N) is 1. The molecule has 3 rings (SSSR count). The van der Waals surface area contributed by atoms with Crippen LogP contribution in [0.25, 0.3) is 0 Å². The largest absolute Gasteiger partial charge is 0.489 e. The lowest BCUT2D eigenvalue weighted by atomic mass is 10.1. The molecule has 0 saturated carbocycles. The van der Waals surface area contributed by atoms with Crippen molar-refractivity contribution in [1.29, 1.82) is 0 Å². The topological polar surface area (TPSA) is 55.3 Å². The molecule has 0 spiro atoms. The number of ether oxygens (including phenoxy) is 3. The van der Waals surface area contributed by atoms with Gasteiger partial charge < -0.3 is 24.4 Å². The van der Waals surface area contributed by atoms with Crippen LogP contribution >= 0.6 is 24.0 Å². The molecule has 0 bridgehead atoms. The molecule has 2 heterocycles. The molecule has 29 heavy (non-hydrogen) atoms. The SMILES string of the molecule is CN=C(NCC(C)Oc1ccccc1C)N1CCC(OCC2CCCO2)CC1.I. The Morgan fingerprint density at radius 1 is 1.28 bits per heavy atom. The summed E-state index contributed by atoms with van der Waals surface area (Å²) in [4.78, 5) is 6.77. The lowest BCUT2D eigenvalue weighted by molar-refractivity contribution is -0.0367. The molecule has 7 heteroatoms. The molecule has 164 valence electrons. The molecule has 2 saturated heterocycles. The van der Waals surface area contributed by atoms with Gasteiger partial charge in [-0.2, -0.15) is 0 Å². The van der Waals surface area contributed by atoms with Crippen LogP contribution in [-0.4, -0.2) is 69.1 Å². The molecule has 2 fully saturated rings. The van der Waals surface area contributed by atoms with E-state index in [0.717, 1.165) is 69.4 Å². The summed E-state index contributed by atoms with van der Waals surface area (Å²) in [5.41, 5.74) is 1.16. The highest BCUT2D eigenvalue weighted by Gasteiger charge is 2.24. The number of para-hydroxylation sites is 1. The fourth-order valence-electron chi connectivity index (χ4n) is 3.77. The Balaban J connectivity index is 0.00000300. The number of nitrogens with zero attached hydrogens (tertiary/aromatic N) is 2.